The van der Waals surface area contributed by atoms with Gasteiger partial charge in [0.1, 0.15) is 0 Å². The zero-order valence-corrected chi connectivity index (χ0v) is 15.3. The molecule has 0 saturated carbocycles. The minimum Gasteiger partial charge on any atom is -0.377 e. The van der Waals surface area contributed by atoms with E-state index < -0.39 is 10.0 Å². The second-order valence-corrected chi connectivity index (χ2v) is 8.17. The average Bonchev–Trinajstić information content (AvgIpc) is 3.03. The Morgan fingerprint density at radius 1 is 1.36 bits per heavy atom. The predicted molar refractivity (Wildman–Crippen MR) is 95.1 cm³/mol. The van der Waals surface area contributed by atoms with Crippen molar-refractivity contribution in [3.63, 3.8) is 0 Å². The topological polar surface area (TPSA) is 92.8 Å². The van der Waals surface area contributed by atoms with Crippen molar-refractivity contribution in [3.05, 3.63) is 29.8 Å². The summed E-state index contributed by atoms with van der Waals surface area (Å²) in [6, 6.07) is 6.64. The molecule has 8 heteroatoms. The molecule has 1 saturated heterocycles. The van der Waals surface area contributed by atoms with Gasteiger partial charge in [0.2, 0.25) is 15.9 Å². The van der Waals surface area contributed by atoms with E-state index in [1.807, 2.05) is 0 Å². The fraction of sp³-hybridized carbons (Fsp3) is 0.529. The van der Waals surface area contributed by atoms with Crippen molar-refractivity contribution >= 4 is 27.4 Å². The molecule has 1 fully saturated rings. The van der Waals surface area contributed by atoms with Crippen LogP contribution in [0, 0.1) is 0 Å². The van der Waals surface area contributed by atoms with Gasteiger partial charge in [-0.3, -0.25) is 9.59 Å². The van der Waals surface area contributed by atoms with E-state index in [-0.39, 0.29) is 37.3 Å². The average molecular weight is 368 g/mol. The Labute approximate surface area is 148 Å². The number of nitrogens with one attached hydrogen (secondary N) is 1. The van der Waals surface area contributed by atoms with Crippen LogP contribution in [-0.4, -0.2) is 56.5 Å². The molecule has 0 bridgehead atoms. The number of ketones is 1. The van der Waals surface area contributed by atoms with Gasteiger partial charge in [0, 0.05) is 37.4 Å². The second kappa shape index (κ2) is 8.55. The predicted octanol–water partition coefficient (Wildman–Crippen LogP) is 1.66. The molecule has 1 aliphatic heterocycles. The summed E-state index contributed by atoms with van der Waals surface area (Å²) in [4.78, 5) is 23.5. The lowest BCUT2D eigenvalue weighted by Gasteiger charge is -2.22. The number of amides is 1. The van der Waals surface area contributed by atoms with E-state index in [9.17, 15) is 18.0 Å². The van der Waals surface area contributed by atoms with E-state index in [0.717, 1.165) is 19.1 Å². The van der Waals surface area contributed by atoms with E-state index >= 15 is 0 Å². The summed E-state index contributed by atoms with van der Waals surface area (Å²) in [7, 11) is -3.41. The minimum atomic E-state index is -3.41. The van der Waals surface area contributed by atoms with Gasteiger partial charge in [-0.15, -0.1) is 0 Å². The van der Waals surface area contributed by atoms with Crippen LogP contribution in [0.15, 0.2) is 24.3 Å². The Balaban J connectivity index is 1.91. The highest BCUT2D eigenvalue weighted by Crippen LogP contribution is 2.16. The number of sulfonamides is 1. The van der Waals surface area contributed by atoms with Gasteiger partial charge in [0.05, 0.1) is 12.4 Å². The van der Waals surface area contributed by atoms with Crippen LogP contribution >= 0.6 is 0 Å². The zero-order chi connectivity index (χ0) is 18.4. The summed E-state index contributed by atoms with van der Waals surface area (Å²) >= 11 is 0. The summed E-state index contributed by atoms with van der Waals surface area (Å²) < 4.78 is 30.6. The van der Waals surface area contributed by atoms with Crippen LogP contribution in [0.25, 0.3) is 0 Å². The molecule has 2 rings (SSSR count). The van der Waals surface area contributed by atoms with Gasteiger partial charge in [-0.05, 0) is 31.9 Å². The lowest BCUT2D eigenvalue weighted by molar-refractivity contribution is -0.116. The molecule has 1 heterocycles. The largest absolute Gasteiger partial charge is 0.377 e. The Kier molecular flexibility index (Phi) is 6.69. The summed E-state index contributed by atoms with van der Waals surface area (Å²) in [5.41, 5.74) is 1.02. The van der Waals surface area contributed by atoms with E-state index in [1.165, 1.54) is 11.2 Å². The van der Waals surface area contributed by atoms with Gasteiger partial charge in [-0.1, -0.05) is 12.1 Å². The Hall–Kier alpha value is -1.77. The molecule has 1 N–H and O–H groups in total. The van der Waals surface area contributed by atoms with E-state index in [0.29, 0.717) is 17.9 Å². The smallest absolute Gasteiger partial charge is 0.225 e. The first-order valence-electron chi connectivity index (χ1n) is 8.23. The molecule has 1 aliphatic rings. The molecule has 138 valence electrons. The maximum atomic E-state index is 12.1. The van der Waals surface area contributed by atoms with Gasteiger partial charge in [0.15, 0.2) is 5.78 Å². The Morgan fingerprint density at radius 3 is 2.72 bits per heavy atom. The molecule has 0 aliphatic carbocycles. The number of benzene rings is 1. The first kappa shape index (κ1) is 19.6. The lowest BCUT2D eigenvalue weighted by atomic mass is 10.1. The number of rotatable bonds is 8. The molecule has 0 aromatic heterocycles. The molecular weight excluding hydrogens is 344 g/mol. The highest BCUT2D eigenvalue weighted by Gasteiger charge is 2.25. The molecule has 0 spiro atoms. The van der Waals surface area contributed by atoms with Crippen molar-refractivity contribution in [2.24, 2.45) is 0 Å². The lowest BCUT2D eigenvalue weighted by Crippen LogP contribution is -2.38. The molecule has 1 aromatic rings. The first-order chi connectivity index (χ1) is 11.8. The number of carbonyl (C=O) groups excluding carboxylic acids is 2. The van der Waals surface area contributed by atoms with Crippen molar-refractivity contribution in [1.29, 1.82) is 0 Å². The number of ether oxygens (including phenoxy) is 1. The highest BCUT2D eigenvalue weighted by molar-refractivity contribution is 7.88. The van der Waals surface area contributed by atoms with Crippen molar-refractivity contribution < 1.29 is 22.7 Å². The van der Waals surface area contributed by atoms with Gasteiger partial charge < -0.3 is 10.1 Å². The van der Waals surface area contributed by atoms with E-state index in [4.69, 9.17) is 4.74 Å². The van der Waals surface area contributed by atoms with Crippen LogP contribution in [0.3, 0.4) is 0 Å². The SMILES string of the molecule is CC(=O)c1cccc(NC(=O)CCN(CC2CCCO2)S(C)(=O)=O)c1. The molecule has 0 radical (unpaired) electrons. The number of anilines is 1. The van der Waals surface area contributed by atoms with E-state index in [1.54, 1.807) is 24.3 Å². The Morgan fingerprint density at radius 2 is 2.12 bits per heavy atom. The number of hydrogen-bond acceptors (Lipinski definition) is 5. The van der Waals surface area contributed by atoms with Crippen molar-refractivity contribution in [1.82, 2.24) is 4.31 Å². The molecule has 1 atom stereocenters. The molecule has 1 unspecified atom stereocenters. The fourth-order valence-corrected chi connectivity index (χ4v) is 3.53. The van der Waals surface area contributed by atoms with Gasteiger partial charge in [-0.25, -0.2) is 8.42 Å². The van der Waals surface area contributed by atoms with Gasteiger partial charge >= 0.3 is 0 Å². The summed E-state index contributed by atoms with van der Waals surface area (Å²) in [6.07, 6.45) is 2.82. The monoisotopic (exact) mass is 368 g/mol. The third-order valence-electron chi connectivity index (χ3n) is 4.04. The summed E-state index contributed by atoms with van der Waals surface area (Å²) in [5.74, 6) is -0.391. The van der Waals surface area contributed by atoms with Crippen LogP contribution in [0.1, 0.15) is 36.5 Å². The van der Waals surface area contributed by atoms with Crippen LogP contribution in [0.5, 0.6) is 0 Å². The number of nitrogens with zero attached hydrogens (tertiary/aromatic N) is 1. The summed E-state index contributed by atoms with van der Waals surface area (Å²) in [6.45, 7) is 2.47. The molecule has 7 nitrogen and oxygen atoms in total. The van der Waals surface area contributed by atoms with Crippen LogP contribution in [0.2, 0.25) is 0 Å². The van der Waals surface area contributed by atoms with E-state index in [2.05, 4.69) is 5.32 Å². The number of hydrogen-bond donors (Lipinski definition) is 1. The third kappa shape index (κ3) is 6.22. The van der Waals surface area contributed by atoms with Crippen molar-refractivity contribution in [2.75, 3.05) is 31.3 Å². The molecule has 1 aromatic carbocycles. The maximum absolute atomic E-state index is 12.1. The van der Waals surface area contributed by atoms with Crippen molar-refractivity contribution in [2.45, 2.75) is 32.3 Å². The summed E-state index contributed by atoms with van der Waals surface area (Å²) in [5, 5.41) is 2.69. The first-order valence-corrected chi connectivity index (χ1v) is 10.1. The second-order valence-electron chi connectivity index (χ2n) is 6.19. The normalized spacial score (nSPS) is 17.6. The molecule has 1 amide bonds. The van der Waals surface area contributed by atoms with Crippen LogP contribution in [-0.2, 0) is 19.6 Å². The fourth-order valence-electron chi connectivity index (χ4n) is 2.67. The van der Waals surface area contributed by atoms with Crippen LogP contribution in [0.4, 0.5) is 5.69 Å². The van der Waals surface area contributed by atoms with Crippen LogP contribution < -0.4 is 5.32 Å². The van der Waals surface area contributed by atoms with Gasteiger partial charge in [-0.2, -0.15) is 4.31 Å². The molecule has 25 heavy (non-hydrogen) atoms. The third-order valence-corrected chi connectivity index (χ3v) is 5.31. The number of Topliss-reactive ketones (excluding diaryl/α,β-unsaturated/α-hetero) is 1. The van der Waals surface area contributed by atoms with Gasteiger partial charge in [0.25, 0.3) is 0 Å². The maximum Gasteiger partial charge on any atom is 0.225 e. The molecular formula is C17H24N2O5S. The van der Waals surface area contributed by atoms with Crippen molar-refractivity contribution in [3.8, 4) is 0 Å². The standard InChI is InChI=1S/C17H24N2O5S/c1-13(20)14-5-3-6-15(11-14)18-17(21)8-9-19(25(2,22)23)12-16-7-4-10-24-16/h3,5-6,11,16H,4,7-10,12H2,1-2H3,(H,18,21). The zero-order valence-electron chi connectivity index (χ0n) is 14.5. The quantitative estimate of drug-likeness (QED) is 0.705. The number of carbonyl (C=O) groups is 2. The Bertz CT molecular complexity index is 726. The minimum absolute atomic E-state index is 0.0318. The highest BCUT2D eigenvalue weighted by atomic mass is 32.2.